The third-order valence-corrected chi connectivity index (χ3v) is 4.69. The molecule has 0 saturated carbocycles. The maximum Gasteiger partial charge on any atom is 0.277 e. The molecule has 3 rings (SSSR count). The molecular formula is C15H9Cl2N3O3S. The second-order valence-corrected chi connectivity index (χ2v) is 6.46. The molecule has 1 aromatic heterocycles. The SMILES string of the molecule is O=[N+]([O-])c1cccc(-c2nnc(SCc3ccc(Cl)c(Cl)c3)o2)c1. The van der Waals surface area contributed by atoms with Gasteiger partial charge >= 0.3 is 0 Å². The van der Waals surface area contributed by atoms with Crippen molar-refractivity contribution in [3.05, 3.63) is 68.2 Å². The molecule has 0 radical (unpaired) electrons. The summed E-state index contributed by atoms with van der Waals surface area (Å²) in [6.45, 7) is 0. The van der Waals surface area contributed by atoms with Crippen LogP contribution in [0.15, 0.2) is 52.1 Å². The van der Waals surface area contributed by atoms with Crippen LogP contribution in [0.2, 0.25) is 10.0 Å². The van der Waals surface area contributed by atoms with Crippen LogP contribution in [0.5, 0.6) is 0 Å². The van der Waals surface area contributed by atoms with E-state index >= 15 is 0 Å². The molecule has 0 bridgehead atoms. The number of aromatic nitrogens is 2. The summed E-state index contributed by atoms with van der Waals surface area (Å²) in [6.07, 6.45) is 0. The van der Waals surface area contributed by atoms with Gasteiger partial charge in [-0.1, -0.05) is 47.1 Å². The number of hydrogen-bond donors (Lipinski definition) is 0. The minimum absolute atomic E-state index is 0.0318. The van der Waals surface area contributed by atoms with E-state index in [2.05, 4.69) is 10.2 Å². The lowest BCUT2D eigenvalue weighted by Crippen LogP contribution is -1.88. The summed E-state index contributed by atoms with van der Waals surface area (Å²) in [5.74, 6) is 0.809. The number of rotatable bonds is 5. The Kier molecular flexibility index (Phi) is 5.03. The summed E-state index contributed by atoms with van der Waals surface area (Å²) >= 11 is 13.2. The predicted molar refractivity (Wildman–Crippen MR) is 92.4 cm³/mol. The van der Waals surface area contributed by atoms with Crippen molar-refractivity contribution >= 4 is 40.7 Å². The number of benzene rings is 2. The maximum absolute atomic E-state index is 10.8. The van der Waals surface area contributed by atoms with Crippen molar-refractivity contribution in [2.75, 3.05) is 0 Å². The van der Waals surface area contributed by atoms with Gasteiger partial charge < -0.3 is 4.42 Å². The van der Waals surface area contributed by atoms with Crippen LogP contribution >= 0.6 is 35.0 Å². The first-order chi connectivity index (χ1) is 11.5. The lowest BCUT2D eigenvalue weighted by Gasteiger charge is -2.00. The summed E-state index contributed by atoms with van der Waals surface area (Å²) in [7, 11) is 0. The van der Waals surface area contributed by atoms with E-state index in [9.17, 15) is 10.1 Å². The lowest BCUT2D eigenvalue weighted by atomic mass is 10.2. The van der Waals surface area contributed by atoms with Crippen LogP contribution in [0.3, 0.4) is 0 Å². The molecule has 0 fully saturated rings. The molecule has 0 aliphatic rings. The molecule has 1 heterocycles. The number of halogens is 2. The van der Waals surface area contributed by atoms with E-state index in [-0.39, 0.29) is 11.6 Å². The zero-order valence-corrected chi connectivity index (χ0v) is 14.3. The zero-order valence-electron chi connectivity index (χ0n) is 12.0. The van der Waals surface area contributed by atoms with Gasteiger partial charge in [-0.25, -0.2) is 0 Å². The third-order valence-electron chi connectivity index (χ3n) is 3.06. The lowest BCUT2D eigenvalue weighted by molar-refractivity contribution is -0.384. The highest BCUT2D eigenvalue weighted by Gasteiger charge is 2.13. The second kappa shape index (κ2) is 7.21. The molecule has 0 spiro atoms. The molecule has 0 N–H and O–H groups in total. The Hall–Kier alpha value is -2.09. The van der Waals surface area contributed by atoms with Gasteiger partial charge in [0, 0.05) is 23.4 Å². The first kappa shape index (κ1) is 16.8. The van der Waals surface area contributed by atoms with E-state index in [4.69, 9.17) is 27.6 Å². The van der Waals surface area contributed by atoms with Gasteiger partial charge in [-0.3, -0.25) is 10.1 Å². The Morgan fingerprint density at radius 1 is 1.12 bits per heavy atom. The fourth-order valence-corrected chi connectivity index (χ4v) is 2.94. The van der Waals surface area contributed by atoms with Crippen molar-refractivity contribution in [2.24, 2.45) is 0 Å². The number of nitro groups is 1. The molecule has 122 valence electrons. The largest absolute Gasteiger partial charge is 0.411 e. The molecule has 24 heavy (non-hydrogen) atoms. The number of non-ortho nitro benzene ring substituents is 1. The minimum atomic E-state index is -0.472. The molecule has 0 unspecified atom stereocenters. The van der Waals surface area contributed by atoms with Crippen LogP contribution in [0.4, 0.5) is 5.69 Å². The number of hydrogen-bond acceptors (Lipinski definition) is 6. The average molecular weight is 382 g/mol. The van der Waals surface area contributed by atoms with Gasteiger partial charge in [0.2, 0.25) is 5.89 Å². The molecule has 0 atom stereocenters. The van der Waals surface area contributed by atoms with E-state index in [1.54, 1.807) is 24.3 Å². The van der Waals surface area contributed by atoms with Gasteiger partial charge in [-0.15, -0.1) is 10.2 Å². The monoisotopic (exact) mass is 381 g/mol. The first-order valence-corrected chi connectivity index (χ1v) is 8.42. The highest BCUT2D eigenvalue weighted by Crippen LogP contribution is 2.29. The number of nitrogens with zero attached hydrogens (tertiary/aromatic N) is 3. The Bertz CT molecular complexity index is 901. The molecule has 0 saturated heterocycles. The van der Waals surface area contributed by atoms with E-state index in [0.717, 1.165) is 5.56 Å². The van der Waals surface area contributed by atoms with Crippen molar-refractivity contribution in [2.45, 2.75) is 11.0 Å². The van der Waals surface area contributed by atoms with E-state index < -0.39 is 4.92 Å². The highest BCUT2D eigenvalue weighted by molar-refractivity contribution is 7.98. The first-order valence-electron chi connectivity index (χ1n) is 6.68. The zero-order chi connectivity index (χ0) is 17.1. The Morgan fingerprint density at radius 2 is 1.96 bits per heavy atom. The summed E-state index contributed by atoms with van der Waals surface area (Å²) in [5.41, 5.74) is 1.43. The van der Waals surface area contributed by atoms with Crippen molar-refractivity contribution in [1.82, 2.24) is 10.2 Å². The molecule has 9 heteroatoms. The molecule has 2 aromatic carbocycles. The van der Waals surface area contributed by atoms with Crippen molar-refractivity contribution in [1.29, 1.82) is 0 Å². The minimum Gasteiger partial charge on any atom is -0.411 e. The highest BCUT2D eigenvalue weighted by atomic mass is 35.5. The second-order valence-electron chi connectivity index (χ2n) is 4.72. The van der Waals surface area contributed by atoms with E-state index in [1.807, 2.05) is 6.07 Å². The van der Waals surface area contributed by atoms with Gasteiger partial charge in [0.05, 0.1) is 15.0 Å². The maximum atomic E-state index is 10.8. The Labute approximate surface area is 150 Å². The van der Waals surface area contributed by atoms with Crippen LogP contribution in [-0.2, 0) is 5.75 Å². The quantitative estimate of drug-likeness (QED) is 0.341. The van der Waals surface area contributed by atoms with Crippen molar-refractivity contribution in [3.63, 3.8) is 0 Å². The fourth-order valence-electron chi connectivity index (χ4n) is 1.91. The molecule has 0 aliphatic heterocycles. The summed E-state index contributed by atoms with van der Waals surface area (Å²) in [5, 5.41) is 20.0. The fraction of sp³-hybridized carbons (Fsp3) is 0.0667. The van der Waals surface area contributed by atoms with Gasteiger partial charge in [-0.05, 0) is 23.8 Å². The molecule has 0 amide bonds. The normalized spacial score (nSPS) is 10.8. The molecule has 0 aliphatic carbocycles. The van der Waals surface area contributed by atoms with Crippen LogP contribution in [0.25, 0.3) is 11.5 Å². The number of thioether (sulfide) groups is 1. The van der Waals surface area contributed by atoms with Gasteiger partial charge in [0.25, 0.3) is 10.9 Å². The predicted octanol–water partition coefficient (Wildman–Crippen LogP) is 5.24. The summed E-state index contributed by atoms with van der Waals surface area (Å²) < 4.78 is 5.54. The summed E-state index contributed by atoms with van der Waals surface area (Å²) in [6, 6.07) is 11.4. The standard InChI is InChI=1S/C15H9Cl2N3O3S/c16-12-5-4-9(6-13(12)17)8-24-15-19-18-14(23-15)10-2-1-3-11(7-10)20(21)22/h1-7H,8H2. The van der Waals surface area contributed by atoms with E-state index in [1.165, 1.54) is 23.9 Å². The van der Waals surface area contributed by atoms with Crippen LogP contribution in [0.1, 0.15) is 5.56 Å². The Balaban J connectivity index is 1.72. The topological polar surface area (TPSA) is 82.1 Å². The molecule has 3 aromatic rings. The van der Waals surface area contributed by atoms with Crippen LogP contribution in [-0.4, -0.2) is 15.1 Å². The van der Waals surface area contributed by atoms with Crippen molar-refractivity contribution in [3.8, 4) is 11.5 Å². The van der Waals surface area contributed by atoms with Gasteiger partial charge in [0.1, 0.15) is 0 Å². The van der Waals surface area contributed by atoms with Crippen LogP contribution < -0.4 is 0 Å². The summed E-state index contributed by atoms with van der Waals surface area (Å²) in [4.78, 5) is 10.3. The van der Waals surface area contributed by atoms with Crippen LogP contribution in [0, 0.1) is 10.1 Å². The smallest absolute Gasteiger partial charge is 0.277 e. The van der Waals surface area contributed by atoms with E-state index in [0.29, 0.717) is 26.6 Å². The van der Waals surface area contributed by atoms with Gasteiger partial charge in [-0.2, -0.15) is 0 Å². The third kappa shape index (κ3) is 3.87. The molecule has 6 nitrogen and oxygen atoms in total. The van der Waals surface area contributed by atoms with Crippen molar-refractivity contribution < 1.29 is 9.34 Å². The van der Waals surface area contributed by atoms with Gasteiger partial charge in [0.15, 0.2) is 0 Å². The average Bonchev–Trinajstić information content (AvgIpc) is 3.05. The number of nitro benzene ring substituents is 1. The Morgan fingerprint density at radius 3 is 2.71 bits per heavy atom. The molecular weight excluding hydrogens is 373 g/mol.